The van der Waals surface area contributed by atoms with Crippen molar-refractivity contribution in [1.82, 2.24) is 9.03 Å². The van der Waals surface area contributed by atoms with E-state index in [4.69, 9.17) is 25.8 Å². The SMILES string of the molecule is CO[C@H]1C2=C[C@@H](C2)[C@H](C)N(C[C@H]2CCCO2)S(=O)(=O)NC(=O)c2ccc3c(c2)N(Cc2ccc(Cl)cc2CCCCO3)C[C@@H]2CC[C@H]21. The fourth-order valence-electron chi connectivity index (χ4n) is 8.12. The van der Waals surface area contributed by atoms with Crippen molar-refractivity contribution in [1.29, 1.82) is 0 Å². The first kappa shape index (κ1) is 32.9. The average molecular weight is 684 g/mol. The van der Waals surface area contributed by atoms with Gasteiger partial charge in [-0.2, -0.15) is 12.7 Å². The second kappa shape index (κ2) is 13.7. The number of anilines is 1. The first-order valence-corrected chi connectivity index (χ1v) is 19.0. The van der Waals surface area contributed by atoms with Crippen molar-refractivity contribution in [2.45, 2.75) is 83.1 Å². The molecule has 254 valence electrons. The first-order valence-electron chi connectivity index (χ1n) is 17.2. The van der Waals surface area contributed by atoms with Gasteiger partial charge in [0.15, 0.2) is 0 Å². The van der Waals surface area contributed by atoms with Crippen LogP contribution in [0.5, 0.6) is 5.75 Å². The number of halogens is 1. The number of ether oxygens (including phenoxy) is 3. The van der Waals surface area contributed by atoms with Gasteiger partial charge in [-0.3, -0.25) is 4.79 Å². The number of rotatable bonds is 3. The van der Waals surface area contributed by atoms with Crippen LogP contribution in [-0.2, 0) is 32.6 Å². The molecule has 8 rings (SSSR count). The van der Waals surface area contributed by atoms with E-state index in [1.54, 1.807) is 19.2 Å². The Hall–Kier alpha value is -2.63. The monoisotopic (exact) mass is 683 g/mol. The molecular weight excluding hydrogens is 638 g/mol. The minimum atomic E-state index is -4.19. The van der Waals surface area contributed by atoms with Crippen LogP contribution in [0.1, 0.15) is 73.4 Å². The largest absolute Gasteiger partial charge is 0.491 e. The number of methoxy groups -OCH3 is 1. The zero-order valence-electron chi connectivity index (χ0n) is 27.3. The van der Waals surface area contributed by atoms with Crippen molar-refractivity contribution < 1.29 is 27.4 Å². The van der Waals surface area contributed by atoms with Crippen molar-refractivity contribution in [3.63, 3.8) is 0 Å². The fourth-order valence-corrected chi connectivity index (χ4v) is 9.74. The molecule has 0 aromatic heterocycles. The summed E-state index contributed by atoms with van der Waals surface area (Å²) in [7, 11) is -2.40. The second-order valence-electron chi connectivity index (χ2n) is 13.9. The number of carbonyl (C=O) groups excluding carboxylic acids is 1. The summed E-state index contributed by atoms with van der Waals surface area (Å²) in [6.45, 7) is 4.68. The lowest BCUT2D eigenvalue weighted by atomic mass is 9.65. The van der Waals surface area contributed by atoms with E-state index < -0.39 is 16.1 Å². The van der Waals surface area contributed by atoms with Gasteiger partial charge in [0, 0.05) is 50.0 Å². The Kier molecular flexibility index (Phi) is 9.59. The predicted molar refractivity (Wildman–Crippen MR) is 182 cm³/mol. The zero-order valence-corrected chi connectivity index (χ0v) is 28.9. The van der Waals surface area contributed by atoms with Gasteiger partial charge in [-0.05, 0) is 123 Å². The summed E-state index contributed by atoms with van der Waals surface area (Å²) in [4.78, 5) is 16.1. The summed E-state index contributed by atoms with van der Waals surface area (Å²) in [6, 6.07) is 11.1. The van der Waals surface area contributed by atoms with Crippen molar-refractivity contribution in [3.05, 3.63) is 69.8 Å². The van der Waals surface area contributed by atoms with E-state index in [-0.39, 0.29) is 36.3 Å². The molecule has 1 N–H and O–H groups in total. The highest BCUT2D eigenvalue weighted by Gasteiger charge is 2.45. The van der Waals surface area contributed by atoms with Crippen LogP contribution in [0.2, 0.25) is 5.02 Å². The second-order valence-corrected chi connectivity index (χ2v) is 16.0. The number of hydrogen-bond acceptors (Lipinski definition) is 7. The third kappa shape index (κ3) is 6.81. The van der Waals surface area contributed by atoms with E-state index in [2.05, 4.69) is 27.8 Å². The van der Waals surface area contributed by atoms with E-state index in [0.717, 1.165) is 68.6 Å². The molecule has 1 amide bonds. The minimum Gasteiger partial charge on any atom is -0.491 e. The van der Waals surface area contributed by atoms with E-state index in [9.17, 15) is 13.2 Å². The van der Waals surface area contributed by atoms with Gasteiger partial charge < -0.3 is 19.1 Å². The van der Waals surface area contributed by atoms with Crippen LogP contribution in [0.4, 0.5) is 5.69 Å². The van der Waals surface area contributed by atoms with Crippen LogP contribution in [0.15, 0.2) is 48.0 Å². The molecular formula is C36H46ClN3O6S. The van der Waals surface area contributed by atoms with Crippen LogP contribution < -0.4 is 14.4 Å². The molecule has 6 aliphatic rings. The molecule has 9 nitrogen and oxygen atoms in total. The molecule has 0 radical (unpaired) electrons. The molecule has 11 heteroatoms. The fraction of sp³-hybridized carbons (Fsp3) is 0.583. The Morgan fingerprint density at radius 1 is 1.04 bits per heavy atom. The van der Waals surface area contributed by atoms with Gasteiger partial charge in [0.05, 0.1) is 24.5 Å². The molecule has 2 aliphatic carbocycles. The van der Waals surface area contributed by atoms with E-state index in [1.165, 1.54) is 21.0 Å². The van der Waals surface area contributed by atoms with Crippen LogP contribution in [0, 0.1) is 17.8 Å². The molecule has 1 saturated heterocycles. The van der Waals surface area contributed by atoms with Gasteiger partial charge >= 0.3 is 10.2 Å². The Bertz CT molecular complexity index is 1630. The molecule has 2 fully saturated rings. The number of nitrogens with one attached hydrogen (secondary N) is 1. The van der Waals surface area contributed by atoms with Crippen molar-refractivity contribution >= 4 is 33.4 Å². The number of benzene rings is 2. The van der Waals surface area contributed by atoms with Crippen LogP contribution in [0.3, 0.4) is 0 Å². The number of carbonyl (C=O) groups is 1. The molecule has 47 heavy (non-hydrogen) atoms. The van der Waals surface area contributed by atoms with Gasteiger partial charge in [0.25, 0.3) is 5.91 Å². The van der Waals surface area contributed by atoms with Crippen LogP contribution in [0.25, 0.3) is 0 Å². The molecule has 2 aromatic rings. The topological polar surface area (TPSA) is 97.4 Å². The van der Waals surface area contributed by atoms with Gasteiger partial charge in [-0.15, -0.1) is 0 Å². The molecule has 6 atom stereocenters. The highest BCUT2D eigenvalue weighted by Crippen LogP contribution is 2.47. The van der Waals surface area contributed by atoms with Gasteiger partial charge in [-0.25, -0.2) is 4.72 Å². The smallest absolute Gasteiger partial charge is 0.304 e. The predicted octanol–water partition coefficient (Wildman–Crippen LogP) is 5.91. The lowest BCUT2D eigenvalue weighted by molar-refractivity contribution is -0.000933. The van der Waals surface area contributed by atoms with Crippen molar-refractivity contribution in [3.8, 4) is 5.75 Å². The number of hydrogen-bond donors (Lipinski definition) is 1. The van der Waals surface area contributed by atoms with E-state index in [0.29, 0.717) is 37.3 Å². The highest BCUT2D eigenvalue weighted by atomic mass is 35.5. The lowest BCUT2D eigenvalue weighted by Crippen LogP contribution is -2.53. The summed E-state index contributed by atoms with van der Waals surface area (Å²) in [5.74, 6) is 0.796. The molecule has 4 aliphatic heterocycles. The Labute approximate surface area is 283 Å². The maximum atomic E-state index is 14.0. The van der Waals surface area contributed by atoms with E-state index in [1.807, 2.05) is 19.1 Å². The highest BCUT2D eigenvalue weighted by molar-refractivity contribution is 7.87. The van der Waals surface area contributed by atoms with Gasteiger partial charge in [0.1, 0.15) is 5.75 Å². The molecule has 0 spiro atoms. The summed E-state index contributed by atoms with van der Waals surface area (Å²) in [6.07, 6.45) is 9.38. The standard InChI is InChI=1S/C36H46ClN3O6S/c1-23-28-16-29(17-28)35(44-2)32-12-9-27(32)21-39-20-26-8-11-30(37)18-24(26)6-3-4-14-46-34-13-10-25(19-33(34)39)36(41)38-47(42,43)40(23)22-31-7-5-15-45-31/h8,10-11,13,16,18-19,23,27-28,31-32,35H,3-7,9,12,14-15,17,20-22H2,1-2H3,(H,38,41)/t23-,27-,28-,31+,32+,35-/m0/s1. The third-order valence-corrected chi connectivity index (χ3v) is 12.8. The quantitative estimate of drug-likeness (QED) is 0.402. The van der Waals surface area contributed by atoms with Gasteiger partial charge in [-0.1, -0.05) is 23.7 Å². The average Bonchev–Trinajstić information content (AvgIpc) is 3.52. The molecule has 4 heterocycles. The first-order chi connectivity index (χ1) is 22.7. The van der Waals surface area contributed by atoms with Crippen LogP contribution in [-0.4, -0.2) is 70.3 Å². The molecule has 0 unspecified atom stereocenters. The molecule has 4 bridgehead atoms. The summed E-state index contributed by atoms with van der Waals surface area (Å²) in [5, 5.41) is 0.723. The van der Waals surface area contributed by atoms with Crippen LogP contribution >= 0.6 is 11.6 Å². The number of aryl methyl sites for hydroxylation is 1. The summed E-state index contributed by atoms with van der Waals surface area (Å²) in [5.41, 5.74) is 4.72. The number of fused-ring (bicyclic) bond motifs is 5. The summed E-state index contributed by atoms with van der Waals surface area (Å²) < 4.78 is 50.3. The van der Waals surface area contributed by atoms with E-state index >= 15 is 0 Å². The Morgan fingerprint density at radius 3 is 2.64 bits per heavy atom. The maximum absolute atomic E-state index is 14.0. The van der Waals surface area contributed by atoms with Gasteiger partial charge in [0.2, 0.25) is 0 Å². The normalized spacial score (nSPS) is 31.1. The van der Waals surface area contributed by atoms with Crippen molar-refractivity contribution in [2.24, 2.45) is 17.8 Å². The maximum Gasteiger partial charge on any atom is 0.304 e. The third-order valence-electron chi connectivity index (χ3n) is 11.0. The Balaban J connectivity index is 1.31. The number of amides is 1. The minimum absolute atomic E-state index is 0.00916. The van der Waals surface area contributed by atoms with Crippen molar-refractivity contribution in [2.75, 3.05) is 38.3 Å². The molecule has 1 saturated carbocycles. The zero-order chi connectivity index (χ0) is 32.7. The number of nitrogens with zero attached hydrogens (tertiary/aromatic N) is 2. The molecule has 2 aromatic carbocycles. The lowest BCUT2D eigenvalue weighted by Gasteiger charge is -2.47. The Morgan fingerprint density at radius 2 is 1.89 bits per heavy atom. The summed E-state index contributed by atoms with van der Waals surface area (Å²) >= 11 is 6.46.